The van der Waals surface area contributed by atoms with Crippen molar-refractivity contribution in [2.75, 3.05) is 44.8 Å². The number of rotatable bonds is 2. The fraction of sp³-hybridized carbons (Fsp3) is 0.364. The molecule has 4 nitrogen and oxygen atoms in total. The number of aliphatic hydroxyl groups is 1. The maximum atomic E-state index is 11.8. The molecular weight excluding hydrogens is 356 g/mol. The molecule has 5 rings (SSSR count). The Bertz CT molecular complexity index is 946. The summed E-state index contributed by atoms with van der Waals surface area (Å²) >= 11 is 1.70. The number of hydrogen-bond donors (Lipinski definition) is 1. The number of hydrogen-bond acceptors (Lipinski definition) is 5. The second-order valence-electron chi connectivity index (χ2n) is 7.62. The normalized spacial score (nSPS) is 23.6. The Morgan fingerprint density at radius 3 is 2.70 bits per heavy atom. The first-order valence-corrected chi connectivity index (χ1v) is 10.3. The summed E-state index contributed by atoms with van der Waals surface area (Å²) in [5.41, 5.74) is 2.53. The number of β-amino-alcohol motifs (C(OH)–C–C–N with tert-alkyl or cyclic N) is 1. The third kappa shape index (κ3) is 2.95. The minimum Gasteiger partial charge on any atom is -0.378 e. The Balaban J connectivity index is 1.58. The molecule has 1 saturated heterocycles. The number of morpholine rings is 1. The van der Waals surface area contributed by atoms with E-state index in [1.807, 2.05) is 0 Å². The van der Waals surface area contributed by atoms with Gasteiger partial charge >= 0.3 is 0 Å². The predicted molar refractivity (Wildman–Crippen MR) is 111 cm³/mol. The maximum Gasteiger partial charge on any atom is 0.137 e. The van der Waals surface area contributed by atoms with Gasteiger partial charge in [0.1, 0.15) is 5.60 Å². The van der Waals surface area contributed by atoms with E-state index in [4.69, 9.17) is 4.74 Å². The van der Waals surface area contributed by atoms with Crippen molar-refractivity contribution in [2.45, 2.75) is 12.1 Å². The highest BCUT2D eigenvalue weighted by molar-refractivity contribution is 7.19. The minimum absolute atomic E-state index is 0.615. The van der Waals surface area contributed by atoms with Gasteiger partial charge in [-0.05, 0) is 47.8 Å². The van der Waals surface area contributed by atoms with Crippen molar-refractivity contribution in [1.29, 1.82) is 0 Å². The number of benzene rings is 2. The van der Waals surface area contributed by atoms with Crippen LogP contribution in [0.2, 0.25) is 0 Å². The van der Waals surface area contributed by atoms with Crippen molar-refractivity contribution in [3.05, 3.63) is 64.5 Å². The molecule has 0 amide bonds. The predicted octanol–water partition coefficient (Wildman–Crippen LogP) is 3.42. The van der Waals surface area contributed by atoms with Crippen LogP contribution in [-0.4, -0.2) is 49.9 Å². The molecule has 27 heavy (non-hydrogen) atoms. The van der Waals surface area contributed by atoms with Crippen LogP contribution in [0.25, 0.3) is 10.1 Å². The standard InChI is InChI=1S/C22H24N2O2S/c1-23-14-17-12-18(24-8-10-26-11-9-24)6-7-19(17)22(25,15-23)21-13-16-4-2-3-5-20(16)27-21/h2-7,12-13,25H,8-11,14-15H2,1H3. The molecule has 1 N–H and O–H groups in total. The monoisotopic (exact) mass is 380 g/mol. The Morgan fingerprint density at radius 2 is 1.89 bits per heavy atom. The van der Waals surface area contributed by atoms with Gasteiger partial charge in [0.05, 0.1) is 13.2 Å². The van der Waals surface area contributed by atoms with Crippen LogP contribution >= 0.6 is 11.3 Å². The summed E-state index contributed by atoms with van der Waals surface area (Å²) in [6, 6.07) is 17.1. The molecule has 5 heteroatoms. The zero-order chi connectivity index (χ0) is 18.4. The van der Waals surface area contributed by atoms with Crippen LogP contribution in [-0.2, 0) is 16.9 Å². The lowest BCUT2D eigenvalue weighted by Crippen LogP contribution is -2.44. The summed E-state index contributed by atoms with van der Waals surface area (Å²) in [4.78, 5) is 5.61. The molecule has 1 aromatic heterocycles. The highest BCUT2D eigenvalue weighted by atomic mass is 32.1. The lowest BCUT2D eigenvalue weighted by molar-refractivity contribution is 0.0314. The van der Waals surface area contributed by atoms with E-state index >= 15 is 0 Å². The second kappa shape index (κ2) is 6.60. The van der Waals surface area contributed by atoms with Gasteiger partial charge in [-0.1, -0.05) is 24.3 Å². The van der Waals surface area contributed by atoms with Crippen molar-refractivity contribution in [1.82, 2.24) is 4.90 Å². The summed E-state index contributed by atoms with van der Waals surface area (Å²) < 4.78 is 6.70. The van der Waals surface area contributed by atoms with Crippen molar-refractivity contribution >= 4 is 27.1 Å². The largest absolute Gasteiger partial charge is 0.378 e. The molecular formula is C22H24N2O2S. The molecule has 1 fully saturated rings. The molecule has 0 bridgehead atoms. The van der Waals surface area contributed by atoms with E-state index in [0.29, 0.717) is 6.54 Å². The SMILES string of the molecule is CN1Cc2cc(N3CCOCC3)ccc2C(O)(c2cc3ccccc3s2)C1. The molecule has 0 aliphatic carbocycles. The molecule has 2 aliphatic heterocycles. The van der Waals surface area contributed by atoms with E-state index in [1.54, 1.807) is 11.3 Å². The van der Waals surface area contributed by atoms with Crippen LogP contribution in [0.15, 0.2) is 48.5 Å². The van der Waals surface area contributed by atoms with Gasteiger partial charge in [-0.25, -0.2) is 0 Å². The Labute approximate surface area is 163 Å². The van der Waals surface area contributed by atoms with E-state index in [2.05, 4.69) is 65.4 Å². The molecule has 1 atom stereocenters. The lowest BCUT2D eigenvalue weighted by atomic mass is 9.84. The molecule has 3 heterocycles. The van der Waals surface area contributed by atoms with Gasteiger partial charge in [-0.3, -0.25) is 4.90 Å². The van der Waals surface area contributed by atoms with Gasteiger partial charge in [-0.2, -0.15) is 0 Å². The molecule has 2 aromatic carbocycles. The minimum atomic E-state index is -0.963. The Kier molecular flexibility index (Phi) is 4.20. The van der Waals surface area contributed by atoms with E-state index in [1.165, 1.54) is 21.3 Å². The fourth-order valence-corrected chi connectivity index (χ4v) is 5.51. The summed E-state index contributed by atoms with van der Waals surface area (Å²) in [5, 5.41) is 13.0. The Hall–Kier alpha value is -1.92. The number of likely N-dealkylation sites (N-methyl/N-ethyl adjacent to an activating group) is 1. The van der Waals surface area contributed by atoms with Gasteiger partial charge in [0, 0.05) is 41.4 Å². The molecule has 0 spiro atoms. The number of thiophene rings is 1. The van der Waals surface area contributed by atoms with Gasteiger partial charge in [0.15, 0.2) is 0 Å². The van der Waals surface area contributed by atoms with E-state index in [0.717, 1.165) is 43.3 Å². The zero-order valence-corrected chi connectivity index (χ0v) is 16.3. The number of fused-ring (bicyclic) bond motifs is 2. The van der Waals surface area contributed by atoms with Crippen molar-refractivity contribution in [3.63, 3.8) is 0 Å². The van der Waals surface area contributed by atoms with Gasteiger partial charge in [0.25, 0.3) is 0 Å². The molecule has 0 radical (unpaired) electrons. The van der Waals surface area contributed by atoms with Gasteiger partial charge in [-0.15, -0.1) is 11.3 Å². The molecule has 0 saturated carbocycles. The first-order chi connectivity index (χ1) is 13.1. The molecule has 3 aromatic rings. The van der Waals surface area contributed by atoms with Gasteiger partial charge in [0.2, 0.25) is 0 Å². The van der Waals surface area contributed by atoms with E-state index in [-0.39, 0.29) is 0 Å². The van der Waals surface area contributed by atoms with Crippen molar-refractivity contribution in [2.24, 2.45) is 0 Å². The summed E-state index contributed by atoms with van der Waals surface area (Å²) in [7, 11) is 2.09. The lowest BCUT2D eigenvalue weighted by Gasteiger charge is -2.39. The van der Waals surface area contributed by atoms with E-state index < -0.39 is 5.60 Å². The van der Waals surface area contributed by atoms with Crippen LogP contribution in [0.3, 0.4) is 0 Å². The highest BCUT2D eigenvalue weighted by Gasteiger charge is 2.40. The van der Waals surface area contributed by atoms with Crippen LogP contribution in [0.4, 0.5) is 5.69 Å². The third-order valence-electron chi connectivity index (χ3n) is 5.68. The number of anilines is 1. The number of ether oxygens (including phenoxy) is 1. The summed E-state index contributed by atoms with van der Waals surface area (Å²) in [6.45, 7) is 4.89. The van der Waals surface area contributed by atoms with Crippen molar-refractivity contribution in [3.8, 4) is 0 Å². The summed E-state index contributed by atoms with van der Waals surface area (Å²) in [5.74, 6) is 0. The molecule has 140 valence electrons. The molecule has 1 unspecified atom stereocenters. The zero-order valence-electron chi connectivity index (χ0n) is 15.5. The first kappa shape index (κ1) is 17.2. The molecule has 2 aliphatic rings. The van der Waals surface area contributed by atoms with Crippen LogP contribution < -0.4 is 4.90 Å². The average Bonchev–Trinajstić information content (AvgIpc) is 3.13. The third-order valence-corrected chi connectivity index (χ3v) is 6.95. The van der Waals surface area contributed by atoms with Crippen LogP contribution in [0.5, 0.6) is 0 Å². The average molecular weight is 381 g/mol. The quantitative estimate of drug-likeness (QED) is 0.739. The highest BCUT2D eigenvalue weighted by Crippen LogP contribution is 2.42. The number of nitrogens with zero attached hydrogens (tertiary/aromatic N) is 2. The van der Waals surface area contributed by atoms with Crippen LogP contribution in [0, 0.1) is 0 Å². The smallest absolute Gasteiger partial charge is 0.137 e. The topological polar surface area (TPSA) is 35.9 Å². The van der Waals surface area contributed by atoms with Crippen molar-refractivity contribution < 1.29 is 9.84 Å². The van der Waals surface area contributed by atoms with Gasteiger partial charge < -0.3 is 14.7 Å². The Morgan fingerprint density at radius 1 is 1.07 bits per heavy atom. The van der Waals surface area contributed by atoms with E-state index in [9.17, 15) is 5.11 Å². The maximum absolute atomic E-state index is 11.8. The summed E-state index contributed by atoms with van der Waals surface area (Å²) in [6.07, 6.45) is 0. The van der Waals surface area contributed by atoms with Crippen LogP contribution in [0.1, 0.15) is 16.0 Å². The first-order valence-electron chi connectivity index (χ1n) is 9.49. The second-order valence-corrected chi connectivity index (χ2v) is 8.71. The fourth-order valence-electron chi connectivity index (χ4n) is 4.35.